The fourth-order valence-electron chi connectivity index (χ4n) is 3.24. The third kappa shape index (κ3) is 21.4. The van der Waals surface area contributed by atoms with Gasteiger partial charge in [-0.05, 0) is 18.8 Å². The molecule has 0 spiro atoms. The van der Waals surface area contributed by atoms with Crippen molar-refractivity contribution in [2.45, 2.75) is 111 Å². The van der Waals surface area contributed by atoms with Gasteiger partial charge >= 0.3 is 11.9 Å². The van der Waals surface area contributed by atoms with Gasteiger partial charge in [0.05, 0.1) is 13.2 Å². The van der Waals surface area contributed by atoms with Crippen LogP contribution in [0.3, 0.4) is 0 Å². The van der Waals surface area contributed by atoms with Gasteiger partial charge in [-0.2, -0.15) is 0 Å². The van der Waals surface area contributed by atoms with Crippen molar-refractivity contribution in [3.8, 4) is 0 Å². The Morgan fingerprint density at radius 3 is 1.66 bits per heavy atom. The summed E-state index contributed by atoms with van der Waals surface area (Å²) in [4.78, 5) is 23.1. The lowest BCUT2D eigenvalue weighted by Gasteiger charge is -2.11. The highest BCUT2D eigenvalue weighted by Gasteiger charge is 2.09. The van der Waals surface area contributed by atoms with Crippen LogP contribution in [0.1, 0.15) is 111 Å². The van der Waals surface area contributed by atoms with Gasteiger partial charge in [0.1, 0.15) is 13.2 Å². The van der Waals surface area contributed by atoms with E-state index in [0.717, 1.165) is 25.7 Å². The molecular formula is C24H46O5. The van der Waals surface area contributed by atoms with Gasteiger partial charge in [-0.25, -0.2) is 9.59 Å². The van der Waals surface area contributed by atoms with Crippen molar-refractivity contribution in [1.82, 2.24) is 0 Å². The molecule has 0 aliphatic rings. The van der Waals surface area contributed by atoms with E-state index in [-0.39, 0.29) is 13.2 Å². The van der Waals surface area contributed by atoms with E-state index in [4.69, 9.17) is 14.2 Å². The number of carbonyl (C=O) groups excluding carboxylic acids is 2. The Kier molecular flexibility index (Phi) is 20.8. The summed E-state index contributed by atoms with van der Waals surface area (Å²) in [6.07, 6.45) is 17.4. The van der Waals surface area contributed by atoms with Crippen molar-refractivity contribution >= 4 is 11.9 Å². The molecule has 0 saturated carbocycles. The zero-order valence-corrected chi connectivity index (χ0v) is 19.3. The summed E-state index contributed by atoms with van der Waals surface area (Å²) in [6.45, 7) is 6.83. The predicted molar refractivity (Wildman–Crippen MR) is 118 cm³/mol. The van der Waals surface area contributed by atoms with Crippen molar-refractivity contribution in [2.75, 3.05) is 26.4 Å². The molecule has 0 radical (unpaired) electrons. The van der Waals surface area contributed by atoms with Crippen molar-refractivity contribution in [1.29, 1.82) is 0 Å². The lowest BCUT2D eigenvalue weighted by molar-refractivity contribution is -0.156. The third-order valence-electron chi connectivity index (χ3n) is 5.01. The van der Waals surface area contributed by atoms with E-state index in [9.17, 15) is 9.59 Å². The summed E-state index contributed by atoms with van der Waals surface area (Å²) in [5, 5.41) is 0. The van der Waals surface area contributed by atoms with Gasteiger partial charge in [0.2, 0.25) is 0 Å². The van der Waals surface area contributed by atoms with Crippen molar-refractivity contribution < 1.29 is 23.8 Å². The van der Waals surface area contributed by atoms with Gasteiger partial charge in [0.25, 0.3) is 0 Å². The summed E-state index contributed by atoms with van der Waals surface area (Å²) in [7, 11) is 0. The average molecular weight is 415 g/mol. The second-order valence-corrected chi connectivity index (χ2v) is 8.18. The first-order chi connectivity index (χ1) is 14.1. The maximum Gasteiger partial charge on any atom is 0.332 e. The Morgan fingerprint density at radius 2 is 1.14 bits per heavy atom. The molecule has 0 N–H and O–H groups in total. The molecule has 0 aliphatic heterocycles. The lowest BCUT2D eigenvalue weighted by atomic mass is 10.1. The molecule has 29 heavy (non-hydrogen) atoms. The Morgan fingerprint density at radius 1 is 0.655 bits per heavy atom. The molecule has 0 bridgehead atoms. The smallest absolute Gasteiger partial charge is 0.332 e. The zero-order chi connectivity index (χ0) is 21.6. The highest BCUT2D eigenvalue weighted by atomic mass is 16.6. The van der Waals surface area contributed by atoms with Crippen LogP contribution >= 0.6 is 0 Å². The minimum atomic E-state index is -0.429. The molecule has 172 valence electrons. The largest absolute Gasteiger partial charge is 0.464 e. The summed E-state index contributed by atoms with van der Waals surface area (Å²) in [6, 6.07) is 0. The van der Waals surface area contributed by atoms with Crippen LogP contribution in [0, 0.1) is 5.92 Å². The maximum absolute atomic E-state index is 11.6. The number of unbranched alkanes of at least 4 members (excludes halogenated alkanes) is 11. The molecular weight excluding hydrogens is 368 g/mol. The second-order valence-electron chi connectivity index (χ2n) is 8.18. The van der Waals surface area contributed by atoms with E-state index in [0.29, 0.717) is 19.1 Å². The Bertz CT molecular complexity index is 383. The predicted octanol–water partition coefficient (Wildman–Crippen LogP) is 6.23. The molecule has 0 rings (SSSR count). The number of hydrogen-bond donors (Lipinski definition) is 0. The quantitative estimate of drug-likeness (QED) is 0.165. The summed E-state index contributed by atoms with van der Waals surface area (Å²) in [5.74, 6) is -0.494. The van der Waals surface area contributed by atoms with E-state index in [2.05, 4.69) is 13.8 Å². The van der Waals surface area contributed by atoms with E-state index in [1.165, 1.54) is 64.2 Å². The summed E-state index contributed by atoms with van der Waals surface area (Å²) in [5.41, 5.74) is 0. The van der Waals surface area contributed by atoms with Crippen LogP contribution in [0.5, 0.6) is 0 Å². The van der Waals surface area contributed by atoms with Crippen molar-refractivity contribution in [3.05, 3.63) is 0 Å². The molecule has 0 aromatic carbocycles. The van der Waals surface area contributed by atoms with E-state index < -0.39 is 11.9 Å². The van der Waals surface area contributed by atoms with Gasteiger partial charge in [-0.1, -0.05) is 97.8 Å². The molecule has 5 nitrogen and oxygen atoms in total. The van der Waals surface area contributed by atoms with Crippen LogP contribution < -0.4 is 0 Å². The van der Waals surface area contributed by atoms with Gasteiger partial charge in [-0.15, -0.1) is 0 Å². The monoisotopic (exact) mass is 414 g/mol. The molecule has 0 heterocycles. The average Bonchev–Trinajstić information content (AvgIpc) is 2.70. The summed E-state index contributed by atoms with van der Waals surface area (Å²) >= 11 is 0. The Balaban J connectivity index is 3.32. The topological polar surface area (TPSA) is 61.8 Å². The molecule has 0 aromatic heterocycles. The molecule has 0 saturated heterocycles. The SMILES string of the molecule is CCCCCCCCCCCCCCOC(=O)COCC(=O)OCC(C)CCC. The number of hydrogen-bond acceptors (Lipinski definition) is 5. The fourth-order valence-corrected chi connectivity index (χ4v) is 3.24. The highest BCUT2D eigenvalue weighted by molar-refractivity contribution is 5.73. The Labute approximate surface area is 179 Å². The Hall–Kier alpha value is -1.10. The van der Waals surface area contributed by atoms with E-state index >= 15 is 0 Å². The van der Waals surface area contributed by atoms with Gasteiger partial charge in [-0.3, -0.25) is 0 Å². The zero-order valence-electron chi connectivity index (χ0n) is 19.3. The minimum absolute atomic E-state index is 0.197. The van der Waals surface area contributed by atoms with Crippen LogP contribution in [-0.4, -0.2) is 38.4 Å². The van der Waals surface area contributed by atoms with E-state index in [1.807, 2.05) is 6.92 Å². The molecule has 0 aliphatic carbocycles. The van der Waals surface area contributed by atoms with Crippen molar-refractivity contribution in [3.63, 3.8) is 0 Å². The lowest BCUT2D eigenvalue weighted by Crippen LogP contribution is -2.20. The first-order valence-corrected chi connectivity index (χ1v) is 12.0. The molecule has 1 atom stereocenters. The van der Waals surface area contributed by atoms with Crippen LogP contribution in [0.2, 0.25) is 0 Å². The molecule has 0 amide bonds. The van der Waals surface area contributed by atoms with Gasteiger partial charge in [0, 0.05) is 0 Å². The maximum atomic E-state index is 11.6. The van der Waals surface area contributed by atoms with Gasteiger partial charge < -0.3 is 14.2 Å². The molecule has 0 fully saturated rings. The van der Waals surface area contributed by atoms with Crippen LogP contribution in [0.4, 0.5) is 0 Å². The molecule has 1 unspecified atom stereocenters. The van der Waals surface area contributed by atoms with Crippen LogP contribution in [-0.2, 0) is 23.8 Å². The standard InChI is InChI=1S/C24H46O5/c1-4-6-7-8-9-10-11-12-13-14-15-16-18-28-23(25)20-27-21-24(26)29-19-22(3)17-5-2/h22H,4-21H2,1-3H3. The van der Waals surface area contributed by atoms with Crippen LogP contribution in [0.15, 0.2) is 0 Å². The van der Waals surface area contributed by atoms with Crippen molar-refractivity contribution in [2.24, 2.45) is 5.92 Å². The normalized spacial score (nSPS) is 12.0. The number of ether oxygens (including phenoxy) is 3. The third-order valence-corrected chi connectivity index (χ3v) is 5.01. The highest BCUT2D eigenvalue weighted by Crippen LogP contribution is 2.12. The number of carbonyl (C=O) groups is 2. The van der Waals surface area contributed by atoms with E-state index in [1.54, 1.807) is 0 Å². The molecule has 5 heteroatoms. The number of rotatable bonds is 21. The first kappa shape index (κ1) is 27.9. The molecule has 0 aromatic rings. The number of esters is 2. The second kappa shape index (κ2) is 21.6. The van der Waals surface area contributed by atoms with Crippen LogP contribution in [0.25, 0.3) is 0 Å². The minimum Gasteiger partial charge on any atom is -0.464 e. The fraction of sp³-hybridized carbons (Fsp3) is 0.917. The van der Waals surface area contributed by atoms with Gasteiger partial charge in [0.15, 0.2) is 0 Å². The summed E-state index contributed by atoms with van der Waals surface area (Å²) < 4.78 is 15.3. The first-order valence-electron chi connectivity index (χ1n) is 12.0.